The molecule has 1 nitrogen and oxygen atoms in total. The van der Waals surface area contributed by atoms with Crippen molar-refractivity contribution in [1.82, 2.24) is 0 Å². The molecule has 1 heteroatoms. The number of fused-ring (bicyclic) bond motifs is 4. The highest BCUT2D eigenvalue weighted by Crippen LogP contribution is 2.66. The lowest BCUT2D eigenvalue weighted by atomic mass is 9.46. The van der Waals surface area contributed by atoms with Crippen LogP contribution in [0.1, 0.15) is 85.1 Å². The maximum Gasteiger partial charge on any atom is 0.0594 e. The molecule has 0 saturated heterocycles. The van der Waals surface area contributed by atoms with Crippen LogP contribution in [0.25, 0.3) is 6.08 Å². The Balaban J connectivity index is 1.42. The summed E-state index contributed by atoms with van der Waals surface area (Å²) in [7, 11) is 0. The van der Waals surface area contributed by atoms with Crippen molar-refractivity contribution in [3.8, 4) is 0 Å². The van der Waals surface area contributed by atoms with Gasteiger partial charge in [-0.3, -0.25) is 0 Å². The van der Waals surface area contributed by atoms with Crippen LogP contribution >= 0.6 is 0 Å². The molecule has 1 fully saturated rings. The molecule has 5 rings (SSSR count). The fraction of sp³-hybridized carbons (Fsp3) is 0.613. The van der Waals surface area contributed by atoms with Crippen LogP contribution in [0.3, 0.4) is 0 Å². The molecule has 0 aromatic heterocycles. The summed E-state index contributed by atoms with van der Waals surface area (Å²) in [5.41, 5.74) is 7.11. The van der Waals surface area contributed by atoms with Gasteiger partial charge in [-0.05, 0) is 95.7 Å². The van der Waals surface area contributed by atoms with E-state index in [1.165, 1.54) is 37.7 Å². The van der Waals surface area contributed by atoms with Gasteiger partial charge in [0.15, 0.2) is 0 Å². The van der Waals surface area contributed by atoms with E-state index in [-0.39, 0.29) is 16.9 Å². The first-order valence-corrected chi connectivity index (χ1v) is 13.0. The topological polar surface area (TPSA) is 20.2 Å². The summed E-state index contributed by atoms with van der Waals surface area (Å²) < 4.78 is 0. The largest absolute Gasteiger partial charge is 0.393 e. The van der Waals surface area contributed by atoms with Gasteiger partial charge in [-0.2, -0.15) is 0 Å². The summed E-state index contributed by atoms with van der Waals surface area (Å²) in [6, 6.07) is 10.7. The molecule has 0 aliphatic heterocycles. The van der Waals surface area contributed by atoms with Crippen molar-refractivity contribution in [2.75, 3.05) is 0 Å². The molecule has 0 spiro atoms. The Morgan fingerprint density at radius 2 is 1.72 bits per heavy atom. The quantitative estimate of drug-likeness (QED) is 0.515. The molecule has 4 aliphatic rings. The number of hydrogen-bond donors (Lipinski definition) is 1. The Morgan fingerprint density at radius 1 is 0.969 bits per heavy atom. The third kappa shape index (κ3) is 3.22. The van der Waals surface area contributed by atoms with Crippen molar-refractivity contribution in [2.45, 2.75) is 85.7 Å². The lowest BCUT2D eigenvalue weighted by molar-refractivity contribution is -0.0904. The van der Waals surface area contributed by atoms with Crippen molar-refractivity contribution in [3.05, 3.63) is 64.8 Å². The maximum atomic E-state index is 10.8. The van der Waals surface area contributed by atoms with E-state index in [0.29, 0.717) is 23.2 Å². The smallest absolute Gasteiger partial charge is 0.0594 e. The molecular weight excluding hydrogens is 388 g/mol. The number of rotatable bonds is 3. The minimum Gasteiger partial charge on any atom is -0.393 e. The number of allylic oxidation sites excluding steroid dienone is 5. The van der Waals surface area contributed by atoms with Crippen LogP contribution in [0.2, 0.25) is 0 Å². The summed E-state index contributed by atoms with van der Waals surface area (Å²) in [4.78, 5) is 0. The van der Waals surface area contributed by atoms with Crippen LogP contribution < -0.4 is 0 Å². The van der Waals surface area contributed by atoms with Crippen LogP contribution in [-0.4, -0.2) is 11.2 Å². The Morgan fingerprint density at radius 3 is 2.47 bits per heavy atom. The predicted octanol–water partition coefficient (Wildman–Crippen LogP) is 7.98. The van der Waals surface area contributed by atoms with Gasteiger partial charge in [-0.15, -0.1) is 0 Å². The molecule has 4 aliphatic carbocycles. The average molecular weight is 431 g/mol. The van der Waals surface area contributed by atoms with Crippen LogP contribution in [0.15, 0.2) is 59.2 Å². The third-order valence-electron chi connectivity index (χ3n) is 10.5. The van der Waals surface area contributed by atoms with E-state index >= 15 is 0 Å². The molecule has 1 saturated carbocycles. The van der Waals surface area contributed by atoms with Gasteiger partial charge in [0.05, 0.1) is 6.10 Å². The van der Waals surface area contributed by atoms with Gasteiger partial charge < -0.3 is 5.11 Å². The summed E-state index contributed by atoms with van der Waals surface area (Å²) in [5, 5.41) is 10.8. The summed E-state index contributed by atoms with van der Waals surface area (Å²) in [6.45, 7) is 12.2. The number of hydrogen-bond acceptors (Lipinski definition) is 1. The van der Waals surface area contributed by atoms with E-state index < -0.39 is 0 Å². The van der Waals surface area contributed by atoms with Crippen molar-refractivity contribution >= 4 is 6.08 Å². The average Bonchev–Trinajstić information content (AvgIpc) is 3.13. The zero-order chi connectivity index (χ0) is 22.7. The van der Waals surface area contributed by atoms with Gasteiger partial charge in [0.2, 0.25) is 0 Å². The lowest BCUT2D eigenvalue weighted by Crippen LogP contribution is -2.53. The third-order valence-corrected chi connectivity index (χ3v) is 10.5. The van der Waals surface area contributed by atoms with Crippen LogP contribution in [0.5, 0.6) is 0 Å². The van der Waals surface area contributed by atoms with Gasteiger partial charge in [0.25, 0.3) is 0 Å². The fourth-order valence-corrected chi connectivity index (χ4v) is 8.47. The molecule has 1 aromatic rings. The highest BCUT2D eigenvalue weighted by molar-refractivity contribution is 5.52. The van der Waals surface area contributed by atoms with E-state index in [1.54, 1.807) is 16.7 Å². The van der Waals surface area contributed by atoms with Crippen molar-refractivity contribution in [2.24, 2.45) is 34.0 Å². The molecule has 0 unspecified atom stereocenters. The Hall–Kier alpha value is -1.60. The summed E-state index contributed by atoms with van der Waals surface area (Å²) in [5.74, 6) is 1.88. The SMILES string of the molecule is C[C@H](/C=C/c1ccccc1)[C@H]1CC=C2C3=C(CC[C@@]21C)[C@@]1(C)CC[C@H](O)C(C)(C)[C@@H]1CC3. The minimum absolute atomic E-state index is 0.0234. The molecule has 0 bridgehead atoms. The highest BCUT2D eigenvalue weighted by Gasteiger charge is 2.57. The normalized spacial score (nSPS) is 39.3. The van der Waals surface area contributed by atoms with E-state index in [1.807, 2.05) is 0 Å². The first-order valence-electron chi connectivity index (χ1n) is 13.0. The predicted molar refractivity (Wildman–Crippen MR) is 135 cm³/mol. The van der Waals surface area contributed by atoms with E-state index in [4.69, 9.17) is 0 Å². The van der Waals surface area contributed by atoms with Crippen molar-refractivity contribution < 1.29 is 5.11 Å². The van der Waals surface area contributed by atoms with Crippen LogP contribution in [-0.2, 0) is 0 Å². The first-order chi connectivity index (χ1) is 15.2. The molecular formula is C31H42O. The molecule has 1 N–H and O–H groups in total. The second kappa shape index (κ2) is 7.73. The van der Waals surface area contributed by atoms with E-state index in [0.717, 1.165) is 12.8 Å². The Kier molecular flexibility index (Phi) is 5.36. The van der Waals surface area contributed by atoms with Crippen LogP contribution in [0, 0.1) is 34.0 Å². The molecule has 0 heterocycles. The van der Waals surface area contributed by atoms with Gasteiger partial charge in [0, 0.05) is 0 Å². The number of aliphatic hydroxyl groups excluding tert-OH is 1. The summed E-state index contributed by atoms with van der Waals surface area (Å²) >= 11 is 0. The molecule has 6 atom stereocenters. The van der Waals surface area contributed by atoms with Crippen molar-refractivity contribution in [3.63, 3.8) is 0 Å². The molecule has 1 aromatic carbocycles. The molecule has 172 valence electrons. The highest BCUT2D eigenvalue weighted by atomic mass is 16.3. The molecule has 0 radical (unpaired) electrons. The zero-order valence-corrected chi connectivity index (χ0v) is 20.8. The molecule has 0 amide bonds. The number of benzene rings is 1. The van der Waals surface area contributed by atoms with Gasteiger partial charge in [-0.1, -0.05) is 88.8 Å². The second-order valence-corrected chi connectivity index (χ2v) is 12.3. The Bertz CT molecular complexity index is 963. The standard InChI is InChI=1S/C31H42O/c1-21(11-12-22-9-7-6-8-10-22)24-14-15-25-23-13-16-27-29(2,3)28(32)18-20-31(27,5)26(23)17-19-30(24,25)4/h6-12,15,21,24,27-28,32H,13-14,16-20H2,1-5H3/b12-11+/t21-,24-,27+,28+,30-,31-/m1/s1. The lowest BCUT2D eigenvalue weighted by Gasteiger charge is -2.59. The molecule has 32 heavy (non-hydrogen) atoms. The Labute approximate surface area is 195 Å². The monoisotopic (exact) mass is 430 g/mol. The van der Waals surface area contributed by atoms with E-state index in [9.17, 15) is 5.11 Å². The number of aliphatic hydroxyl groups is 1. The second-order valence-electron chi connectivity index (χ2n) is 12.3. The maximum absolute atomic E-state index is 10.8. The van der Waals surface area contributed by atoms with Gasteiger partial charge in [0.1, 0.15) is 0 Å². The summed E-state index contributed by atoms with van der Waals surface area (Å²) in [6.07, 6.45) is 15.6. The fourth-order valence-electron chi connectivity index (χ4n) is 8.47. The van der Waals surface area contributed by atoms with Gasteiger partial charge >= 0.3 is 0 Å². The van der Waals surface area contributed by atoms with E-state index in [2.05, 4.69) is 83.2 Å². The zero-order valence-electron chi connectivity index (χ0n) is 20.8. The minimum atomic E-state index is -0.149. The first kappa shape index (κ1) is 22.2. The van der Waals surface area contributed by atoms with Gasteiger partial charge in [-0.25, -0.2) is 0 Å². The van der Waals surface area contributed by atoms with Crippen molar-refractivity contribution in [1.29, 1.82) is 0 Å². The van der Waals surface area contributed by atoms with Crippen LogP contribution in [0.4, 0.5) is 0 Å².